The van der Waals surface area contributed by atoms with E-state index in [9.17, 15) is 4.79 Å². The second-order valence-corrected chi connectivity index (χ2v) is 9.41. The molecule has 0 bridgehead atoms. The number of allylic oxidation sites excluding steroid dienone is 3. The minimum atomic E-state index is -0.139. The van der Waals surface area contributed by atoms with Gasteiger partial charge in [0.15, 0.2) is 5.69 Å². The summed E-state index contributed by atoms with van der Waals surface area (Å²) in [6, 6.07) is 5.82. The van der Waals surface area contributed by atoms with E-state index in [0.29, 0.717) is 25.4 Å². The van der Waals surface area contributed by atoms with Crippen LogP contribution in [0.5, 0.6) is 5.75 Å². The molecule has 2 heterocycles. The maximum atomic E-state index is 12.9. The van der Waals surface area contributed by atoms with Crippen LogP contribution in [0.15, 0.2) is 41.0 Å². The summed E-state index contributed by atoms with van der Waals surface area (Å²) in [7, 11) is 0. The lowest BCUT2D eigenvalue weighted by molar-refractivity contribution is 0.0361. The summed E-state index contributed by atoms with van der Waals surface area (Å²) in [6.45, 7) is 18.4. The molecule has 1 fully saturated rings. The van der Waals surface area contributed by atoms with Gasteiger partial charge in [-0.25, -0.2) is 0 Å². The van der Waals surface area contributed by atoms with E-state index in [1.165, 1.54) is 16.7 Å². The van der Waals surface area contributed by atoms with E-state index >= 15 is 0 Å². The molecule has 1 N–H and O–H groups in total. The van der Waals surface area contributed by atoms with Crippen LogP contribution in [0.3, 0.4) is 0 Å². The zero-order chi connectivity index (χ0) is 27.2. The van der Waals surface area contributed by atoms with Gasteiger partial charge in [0.05, 0.1) is 26.4 Å². The number of hydrogen-bond acceptors (Lipinski definition) is 5. The summed E-state index contributed by atoms with van der Waals surface area (Å²) in [5.41, 5.74) is 5.21. The van der Waals surface area contributed by atoms with Crippen molar-refractivity contribution in [1.29, 1.82) is 0 Å². The summed E-state index contributed by atoms with van der Waals surface area (Å²) in [4.78, 5) is 15.3. The summed E-state index contributed by atoms with van der Waals surface area (Å²) in [5, 5.41) is 8.57. The Morgan fingerprint density at radius 2 is 1.95 bits per heavy atom. The van der Waals surface area contributed by atoms with Crippen LogP contribution >= 0.6 is 0 Å². The minimum absolute atomic E-state index is 0.139. The SMILES string of the molecule is C#CC/C(C)=C\C.CCOc1cccc2c(C(=O)NCCC(C)=C(C)C)nn(CCN3CCOCC3)c12. The molecule has 202 valence electrons. The number of carbonyl (C=O) groups is 1. The average Bonchev–Trinajstić information content (AvgIpc) is 3.28. The van der Waals surface area contributed by atoms with Crippen molar-refractivity contribution in [3.05, 3.63) is 46.7 Å². The molecule has 0 saturated carbocycles. The van der Waals surface area contributed by atoms with Crippen LogP contribution < -0.4 is 10.1 Å². The molecule has 2 aromatic rings. The predicted octanol–water partition coefficient (Wildman–Crippen LogP) is 5.22. The minimum Gasteiger partial charge on any atom is -0.492 e. The topological polar surface area (TPSA) is 68.6 Å². The number of terminal acetylenes is 1. The molecule has 1 aromatic carbocycles. The van der Waals surface area contributed by atoms with Gasteiger partial charge in [0.2, 0.25) is 0 Å². The van der Waals surface area contributed by atoms with Gasteiger partial charge in [0.25, 0.3) is 5.91 Å². The van der Waals surface area contributed by atoms with Crippen molar-refractivity contribution in [2.45, 2.75) is 60.9 Å². The summed E-state index contributed by atoms with van der Waals surface area (Å²) < 4.78 is 13.2. The maximum absolute atomic E-state index is 12.9. The molecule has 1 aliphatic rings. The second kappa shape index (κ2) is 15.9. The molecule has 37 heavy (non-hydrogen) atoms. The number of para-hydroxylation sites is 1. The number of amides is 1. The Morgan fingerprint density at radius 3 is 2.54 bits per heavy atom. The molecule has 1 amide bonds. The smallest absolute Gasteiger partial charge is 0.272 e. The monoisotopic (exact) mass is 508 g/mol. The van der Waals surface area contributed by atoms with Crippen molar-refractivity contribution in [3.63, 3.8) is 0 Å². The molecule has 7 heteroatoms. The van der Waals surface area contributed by atoms with Gasteiger partial charge in [-0.2, -0.15) is 5.10 Å². The standard InChI is InChI=1S/C23H34N4O3.C7H10/c1-5-30-20-8-6-7-19-21(23(28)24-10-9-18(4)17(2)3)25-27(22(19)20)12-11-26-13-15-29-16-14-26;1-4-6-7(3)5-2/h6-8H,5,9-16H2,1-4H3,(H,24,28);1,5H,6H2,2-3H3/b;7-5-. The van der Waals surface area contributed by atoms with Crippen LogP contribution in [0.1, 0.15) is 64.9 Å². The number of nitrogens with zero attached hydrogens (tertiary/aromatic N) is 3. The Balaban J connectivity index is 0.000000604. The van der Waals surface area contributed by atoms with Crippen LogP contribution in [0, 0.1) is 12.3 Å². The Kier molecular flexibility index (Phi) is 13.0. The fourth-order valence-corrected chi connectivity index (χ4v) is 3.83. The number of benzene rings is 1. The van der Waals surface area contributed by atoms with Gasteiger partial charge in [-0.15, -0.1) is 12.3 Å². The molecule has 0 unspecified atom stereocenters. The molecular formula is C30H44N4O3. The highest BCUT2D eigenvalue weighted by Crippen LogP contribution is 2.28. The summed E-state index contributed by atoms with van der Waals surface area (Å²) >= 11 is 0. The van der Waals surface area contributed by atoms with Crippen LogP contribution in [0.2, 0.25) is 0 Å². The zero-order valence-corrected chi connectivity index (χ0v) is 23.5. The number of rotatable bonds is 10. The van der Waals surface area contributed by atoms with Crippen molar-refractivity contribution in [2.75, 3.05) is 46.0 Å². The van der Waals surface area contributed by atoms with Gasteiger partial charge < -0.3 is 14.8 Å². The van der Waals surface area contributed by atoms with Crippen molar-refractivity contribution in [2.24, 2.45) is 0 Å². The third-order valence-electron chi connectivity index (χ3n) is 6.49. The number of morpholine rings is 1. The van der Waals surface area contributed by atoms with Crippen molar-refractivity contribution in [3.8, 4) is 18.1 Å². The van der Waals surface area contributed by atoms with Gasteiger partial charge in [0, 0.05) is 38.0 Å². The normalized spacial score (nSPS) is 13.9. The van der Waals surface area contributed by atoms with E-state index in [4.69, 9.17) is 21.0 Å². The molecule has 0 spiro atoms. The van der Waals surface area contributed by atoms with E-state index in [2.05, 4.69) is 36.9 Å². The van der Waals surface area contributed by atoms with Gasteiger partial charge in [0.1, 0.15) is 11.3 Å². The highest BCUT2D eigenvalue weighted by atomic mass is 16.5. The third-order valence-corrected chi connectivity index (χ3v) is 6.49. The molecule has 0 atom stereocenters. The molecule has 3 rings (SSSR count). The molecular weight excluding hydrogens is 464 g/mol. The number of fused-ring (bicyclic) bond motifs is 1. The fraction of sp³-hybridized carbons (Fsp3) is 0.533. The van der Waals surface area contributed by atoms with Crippen LogP contribution in [-0.4, -0.2) is 66.6 Å². The molecule has 7 nitrogen and oxygen atoms in total. The Morgan fingerprint density at radius 1 is 1.22 bits per heavy atom. The number of hydrogen-bond donors (Lipinski definition) is 1. The second-order valence-electron chi connectivity index (χ2n) is 9.41. The van der Waals surface area contributed by atoms with Crippen LogP contribution in [0.25, 0.3) is 10.9 Å². The highest BCUT2D eigenvalue weighted by Gasteiger charge is 2.21. The van der Waals surface area contributed by atoms with Crippen molar-refractivity contribution < 1.29 is 14.3 Å². The molecule has 1 aliphatic heterocycles. The first-order valence-corrected chi connectivity index (χ1v) is 13.2. The van der Waals surface area contributed by atoms with Crippen LogP contribution in [0.4, 0.5) is 0 Å². The van der Waals surface area contributed by atoms with Gasteiger partial charge >= 0.3 is 0 Å². The number of ether oxygens (including phenoxy) is 2. The first-order chi connectivity index (χ1) is 17.8. The van der Waals surface area contributed by atoms with E-state index in [-0.39, 0.29) is 5.91 Å². The number of aromatic nitrogens is 2. The molecule has 1 aromatic heterocycles. The molecule has 0 radical (unpaired) electrons. The Hall–Kier alpha value is -3.08. The molecule has 1 saturated heterocycles. The van der Waals surface area contributed by atoms with Gasteiger partial charge in [-0.05, 0) is 54.0 Å². The molecule has 0 aliphatic carbocycles. The quantitative estimate of drug-likeness (QED) is 0.352. The Labute approximate surface area is 222 Å². The van der Waals surface area contributed by atoms with E-state index in [1.807, 2.05) is 49.7 Å². The lowest BCUT2D eigenvalue weighted by atomic mass is 10.1. The van der Waals surface area contributed by atoms with Crippen molar-refractivity contribution >= 4 is 16.8 Å². The first-order valence-electron chi connectivity index (χ1n) is 13.2. The lowest BCUT2D eigenvalue weighted by Gasteiger charge is -2.26. The first kappa shape index (κ1) is 30.1. The number of nitrogens with one attached hydrogen (secondary N) is 1. The van der Waals surface area contributed by atoms with Gasteiger partial charge in [-0.1, -0.05) is 34.9 Å². The van der Waals surface area contributed by atoms with E-state index in [1.54, 1.807) is 0 Å². The van der Waals surface area contributed by atoms with Crippen molar-refractivity contribution in [1.82, 2.24) is 20.0 Å². The zero-order valence-electron chi connectivity index (χ0n) is 23.5. The fourth-order valence-electron chi connectivity index (χ4n) is 3.83. The highest BCUT2D eigenvalue weighted by molar-refractivity contribution is 6.06. The third kappa shape index (κ3) is 9.38. The van der Waals surface area contributed by atoms with E-state index in [0.717, 1.165) is 62.3 Å². The average molecular weight is 509 g/mol. The maximum Gasteiger partial charge on any atom is 0.272 e. The van der Waals surface area contributed by atoms with Gasteiger partial charge in [-0.3, -0.25) is 14.4 Å². The summed E-state index contributed by atoms with van der Waals surface area (Å²) in [6.07, 6.45) is 8.67. The Bertz CT molecular complexity index is 1110. The predicted molar refractivity (Wildman–Crippen MR) is 152 cm³/mol. The van der Waals surface area contributed by atoms with E-state index < -0.39 is 0 Å². The number of carbonyl (C=O) groups excluding carboxylic acids is 1. The summed E-state index contributed by atoms with van der Waals surface area (Å²) in [5.74, 6) is 3.18. The van der Waals surface area contributed by atoms with Crippen LogP contribution in [-0.2, 0) is 11.3 Å². The lowest BCUT2D eigenvalue weighted by Crippen LogP contribution is -2.38. The largest absolute Gasteiger partial charge is 0.492 e.